The fraction of sp³-hybridized carbons (Fsp3) is 0.625. The maximum absolute atomic E-state index is 13.5. The van der Waals surface area contributed by atoms with Gasteiger partial charge in [-0.25, -0.2) is 4.39 Å². The Morgan fingerprint density at radius 1 is 1.32 bits per heavy atom. The summed E-state index contributed by atoms with van der Waals surface area (Å²) in [4.78, 5) is 2.46. The molecule has 2 rings (SSSR count). The summed E-state index contributed by atoms with van der Waals surface area (Å²) in [6, 6.07) is 7.53. The van der Waals surface area contributed by atoms with Crippen molar-refractivity contribution in [3.05, 3.63) is 35.6 Å². The van der Waals surface area contributed by atoms with Crippen LogP contribution in [0.15, 0.2) is 24.3 Å². The van der Waals surface area contributed by atoms with Gasteiger partial charge in [0.15, 0.2) is 0 Å². The Hall–Kier alpha value is -0.930. The van der Waals surface area contributed by atoms with Crippen LogP contribution in [0.4, 0.5) is 4.39 Å². The van der Waals surface area contributed by atoms with Crippen molar-refractivity contribution < 1.29 is 4.39 Å². The number of benzene rings is 1. The van der Waals surface area contributed by atoms with E-state index in [1.165, 1.54) is 31.7 Å². The quantitative estimate of drug-likeness (QED) is 0.905. The number of halogens is 1. The monoisotopic (exact) mass is 264 g/mol. The van der Waals surface area contributed by atoms with Gasteiger partial charge in [-0.3, -0.25) is 4.90 Å². The summed E-state index contributed by atoms with van der Waals surface area (Å²) < 4.78 is 13.5. The van der Waals surface area contributed by atoms with Crippen molar-refractivity contribution in [1.82, 2.24) is 4.90 Å². The van der Waals surface area contributed by atoms with Gasteiger partial charge in [0.25, 0.3) is 0 Å². The van der Waals surface area contributed by atoms with Crippen molar-refractivity contribution in [2.75, 3.05) is 6.54 Å². The molecular formula is C16H25FN2. The standard InChI is InChI=1S/C16H25FN2/c1-12-7-4-3-5-10-19(12)16(13(2)18)14-8-6-9-15(17)11-14/h6,8-9,11-13,16H,3-5,7,10,18H2,1-2H3. The lowest BCUT2D eigenvalue weighted by Gasteiger charge is -2.38. The Labute approximate surface area is 115 Å². The molecule has 3 unspecified atom stereocenters. The van der Waals surface area contributed by atoms with Gasteiger partial charge in [-0.2, -0.15) is 0 Å². The van der Waals surface area contributed by atoms with Gasteiger partial charge in [0.2, 0.25) is 0 Å². The molecule has 0 bridgehead atoms. The van der Waals surface area contributed by atoms with Crippen LogP contribution in [0.2, 0.25) is 0 Å². The molecule has 1 saturated heterocycles. The molecule has 19 heavy (non-hydrogen) atoms. The van der Waals surface area contributed by atoms with Gasteiger partial charge in [-0.1, -0.05) is 25.0 Å². The summed E-state index contributed by atoms with van der Waals surface area (Å²) >= 11 is 0. The highest BCUT2D eigenvalue weighted by atomic mass is 19.1. The third-order valence-electron chi connectivity index (χ3n) is 4.15. The highest BCUT2D eigenvalue weighted by Crippen LogP contribution is 2.30. The van der Waals surface area contributed by atoms with Gasteiger partial charge in [-0.15, -0.1) is 0 Å². The topological polar surface area (TPSA) is 29.3 Å². The van der Waals surface area contributed by atoms with Crippen LogP contribution in [0.1, 0.15) is 51.1 Å². The van der Waals surface area contributed by atoms with Gasteiger partial charge in [0.05, 0.1) is 0 Å². The maximum atomic E-state index is 13.5. The Morgan fingerprint density at radius 2 is 2.11 bits per heavy atom. The van der Waals surface area contributed by atoms with Crippen LogP contribution in [0.3, 0.4) is 0 Å². The van der Waals surface area contributed by atoms with Crippen LogP contribution in [0, 0.1) is 5.82 Å². The molecule has 0 saturated carbocycles. The molecule has 0 spiro atoms. The fourth-order valence-corrected chi connectivity index (χ4v) is 3.20. The average molecular weight is 264 g/mol. The molecule has 106 valence electrons. The smallest absolute Gasteiger partial charge is 0.123 e. The van der Waals surface area contributed by atoms with Gasteiger partial charge >= 0.3 is 0 Å². The molecule has 2 N–H and O–H groups in total. The molecule has 1 aliphatic heterocycles. The number of likely N-dealkylation sites (tertiary alicyclic amines) is 1. The van der Waals surface area contributed by atoms with E-state index in [4.69, 9.17) is 5.73 Å². The lowest BCUT2D eigenvalue weighted by atomic mass is 9.97. The van der Waals surface area contributed by atoms with E-state index in [1.54, 1.807) is 12.1 Å². The van der Waals surface area contributed by atoms with Gasteiger partial charge < -0.3 is 5.73 Å². The fourth-order valence-electron chi connectivity index (χ4n) is 3.20. The van der Waals surface area contributed by atoms with Crippen LogP contribution < -0.4 is 5.73 Å². The van der Waals surface area contributed by atoms with Crippen molar-refractivity contribution in [1.29, 1.82) is 0 Å². The summed E-state index contributed by atoms with van der Waals surface area (Å²) in [7, 11) is 0. The largest absolute Gasteiger partial charge is 0.326 e. The predicted molar refractivity (Wildman–Crippen MR) is 77.4 cm³/mol. The molecule has 1 fully saturated rings. The summed E-state index contributed by atoms with van der Waals surface area (Å²) in [5.74, 6) is -0.175. The second kappa shape index (κ2) is 6.49. The molecule has 2 nitrogen and oxygen atoms in total. The zero-order valence-corrected chi connectivity index (χ0v) is 12.0. The first-order valence-corrected chi connectivity index (χ1v) is 7.36. The first kappa shape index (κ1) is 14.5. The predicted octanol–water partition coefficient (Wildman–Crippen LogP) is 3.48. The summed E-state index contributed by atoms with van der Waals surface area (Å²) in [5.41, 5.74) is 7.20. The van der Waals surface area contributed by atoms with Gasteiger partial charge in [0.1, 0.15) is 5.82 Å². The van der Waals surface area contributed by atoms with Crippen molar-refractivity contribution in [2.24, 2.45) is 5.73 Å². The Kier molecular flexibility index (Phi) is 4.94. The molecule has 0 aliphatic carbocycles. The highest BCUT2D eigenvalue weighted by molar-refractivity contribution is 5.22. The van der Waals surface area contributed by atoms with E-state index < -0.39 is 0 Å². The molecule has 1 heterocycles. The molecule has 3 atom stereocenters. The molecule has 3 heteroatoms. The minimum Gasteiger partial charge on any atom is -0.326 e. The first-order chi connectivity index (χ1) is 9.09. The van der Waals surface area contributed by atoms with Crippen molar-refractivity contribution in [3.63, 3.8) is 0 Å². The number of hydrogen-bond donors (Lipinski definition) is 1. The van der Waals surface area contributed by atoms with Crippen molar-refractivity contribution in [2.45, 2.75) is 57.7 Å². The van der Waals surface area contributed by atoms with Crippen LogP contribution in [0.5, 0.6) is 0 Å². The second-order valence-electron chi connectivity index (χ2n) is 5.80. The Balaban J connectivity index is 2.28. The van der Waals surface area contributed by atoms with Crippen molar-refractivity contribution in [3.8, 4) is 0 Å². The Bertz CT molecular complexity index is 405. The van der Waals surface area contributed by atoms with Crippen LogP contribution in [-0.2, 0) is 0 Å². The van der Waals surface area contributed by atoms with Crippen LogP contribution in [0.25, 0.3) is 0 Å². The minimum atomic E-state index is -0.175. The zero-order chi connectivity index (χ0) is 13.8. The molecule has 0 radical (unpaired) electrons. The minimum absolute atomic E-state index is 0.00218. The SMILES string of the molecule is CC(N)C(c1cccc(F)c1)N1CCCCCC1C. The van der Waals surface area contributed by atoms with Crippen molar-refractivity contribution >= 4 is 0 Å². The maximum Gasteiger partial charge on any atom is 0.123 e. The number of nitrogens with two attached hydrogens (primary N) is 1. The molecular weight excluding hydrogens is 239 g/mol. The van der Waals surface area contributed by atoms with E-state index in [1.807, 2.05) is 13.0 Å². The third kappa shape index (κ3) is 3.54. The molecule has 0 aromatic heterocycles. The van der Waals surface area contributed by atoms with E-state index in [2.05, 4.69) is 11.8 Å². The summed E-state index contributed by atoms with van der Waals surface area (Å²) in [6.07, 6.45) is 4.99. The van der Waals surface area contributed by atoms with Gasteiger partial charge in [0, 0.05) is 18.1 Å². The van der Waals surface area contributed by atoms with Crippen LogP contribution >= 0.6 is 0 Å². The summed E-state index contributed by atoms with van der Waals surface area (Å²) in [5, 5.41) is 0. The second-order valence-corrected chi connectivity index (χ2v) is 5.80. The zero-order valence-electron chi connectivity index (χ0n) is 12.0. The number of nitrogens with zero attached hydrogens (tertiary/aromatic N) is 1. The first-order valence-electron chi connectivity index (χ1n) is 7.36. The van der Waals surface area contributed by atoms with E-state index in [9.17, 15) is 4.39 Å². The Morgan fingerprint density at radius 3 is 2.79 bits per heavy atom. The number of rotatable bonds is 3. The van der Waals surface area contributed by atoms with E-state index in [-0.39, 0.29) is 17.9 Å². The van der Waals surface area contributed by atoms with E-state index in [0.29, 0.717) is 6.04 Å². The number of hydrogen-bond acceptors (Lipinski definition) is 2. The van der Waals surface area contributed by atoms with E-state index in [0.717, 1.165) is 12.1 Å². The molecule has 1 aromatic rings. The van der Waals surface area contributed by atoms with Gasteiger partial charge in [-0.05, 0) is 50.9 Å². The normalized spacial score (nSPS) is 24.7. The lowest BCUT2D eigenvalue weighted by Crippen LogP contribution is -2.44. The van der Waals surface area contributed by atoms with Crippen LogP contribution in [-0.4, -0.2) is 23.5 Å². The molecule has 1 aliphatic rings. The van der Waals surface area contributed by atoms with E-state index >= 15 is 0 Å². The average Bonchev–Trinajstić information content (AvgIpc) is 2.55. The summed E-state index contributed by atoms with van der Waals surface area (Å²) in [6.45, 7) is 5.34. The molecule has 0 amide bonds. The molecule has 1 aromatic carbocycles. The third-order valence-corrected chi connectivity index (χ3v) is 4.15. The highest BCUT2D eigenvalue weighted by Gasteiger charge is 2.28. The lowest BCUT2D eigenvalue weighted by molar-refractivity contribution is 0.130.